The van der Waals surface area contributed by atoms with E-state index in [0.29, 0.717) is 17.4 Å². The highest BCUT2D eigenvalue weighted by atomic mass is 15.3. The van der Waals surface area contributed by atoms with Crippen LogP contribution in [0, 0.1) is 5.41 Å². The second kappa shape index (κ2) is 7.75. The summed E-state index contributed by atoms with van der Waals surface area (Å²) in [4.78, 5) is 4.92. The van der Waals surface area contributed by atoms with Gasteiger partial charge in [0.15, 0.2) is 5.96 Å². The van der Waals surface area contributed by atoms with Gasteiger partial charge in [0.1, 0.15) is 11.6 Å². The minimum atomic E-state index is 0.384. The quantitative estimate of drug-likeness (QED) is 0.635. The van der Waals surface area contributed by atoms with Crippen molar-refractivity contribution in [3.05, 3.63) is 11.6 Å². The molecule has 2 heterocycles. The Morgan fingerprint density at radius 2 is 2.08 bits per heavy atom. The van der Waals surface area contributed by atoms with Gasteiger partial charge in [-0.2, -0.15) is 0 Å². The molecule has 1 saturated carbocycles. The third-order valence-electron chi connectivity index (χ3n) is 5.61. The Balaban J connectivity index is 1.65. The molecule has 140 valence electrons. The molecule has 3 rings (SSSR count). The van der Waals surface area contributed by atoms with Crippen molar-refractivity contribution in [2.75, 3.05) is 13.1 Å². The van der Waals surface area contributed by atoms with Crippen LogP contribution in [0.15, 0.2) is 4.99 Å². The maximum atomic E-state index is 4.92. The number of hydrogen-bond donors (Lipinski definition) is 2. The Morgan fingerprint density at radius 1 is 1.32 bits per heavy atom. The van der Waals surface area contributed by atoms with E-state index in [0.717, 1.165) is 50.1 Å². The summed E-state index contributed by atoms with van der Waals surface area (Å²) in [6.45, 7) is 11.6. The van der Waals surface area contributed by atoms with E-state index < -0.39 is 0 Å². The van der Waals surface area contributed by atoms with Crippen LogP contribution in [0.1, 0.15) is 77.4 Å². The molecule has 2 aliphatic rings. The minimum absolute atomic E-state index is 0.384. The first-order valence-corrected chi connectivity index (χ1v) is 9.97. The second-order valence-electron chi connectivity index (χ2n) is 8.33. The Labute approximate surface area is 151 Å². The van der Waals surface area contributed by atoms with Gasteiger partial charge in [-0.3, -0.25) is 4.99 Å². The molecule has 1 aromatic rings. The lowest BCUT2D eigenvalue weighted by Gasteiger charge is -2.28. The van der Waals surface area contributed by atoms with E-state index in [-0.39, 0.29) is 0 Å². The van der Waals surface area contributed by atoms with E-state index in [2.05, 4.69) is 53.1 Å². The fourth-order valence-electron chi connectivity index (χ4n) is 4.06. The van der Waals surface area contributed by atoms with Crippen LogP contribution in [0.5, 0.6) is 0 Å². The predicted molar refractivity (Wildman–Crippen MR) is 102 cm³/mol. The number of rotatable bonds is 5. The summed E-state index contributed by atoms with van der Waals surface area (Å²) in [6, 6.07) is 0.384. The standard InChI is InChI=1S/C19H34N6/c1-5-20-18(21-13-19(4)10-6-7-11-19)22-15-8-9-16-23-24-17(14(2)3)25(16)12-15/h14-15H,5-13H2,1-4H3,(H2,20,21,22). The molecule has 6 heteroatoms. The summed E-state index contributed by atoms with van der Waals surface area (Å²) in [7, 11) is 0. The van der Waals surface area contributed by atoms with E-state index in [1.807, 2.05) is 0 Å². The molecule has 0 radical (unpaired) electrons. The van der Waals surface area contributed by atoms with E-state index in [9.17, 15) is 0 Å². The van der Waals surface area contributed by atoms with Crippen LogP contribution in [-0.4, -0.2) is 39.9 Å². The van der Waals surface area contributed by atoms with Gasteiger partial charge >= 0.3 is 0 Å². The Bertz CT molecular complexity index is 597. The first kappa shape index (κ1) is 18.2. The van der Waals surface area contributed by atoms with Crippen LogP contribution in [0.4, 0.5) is 0 Å². The topological polar surface area (TPSA) is 67.1 Å². The number of aryl methyl sites for hydroxylation is 1. The summed E-state index contributed by atoms with van der Waals surface area (Å²) >= 11 is 0. The highest BCUT2D eigenvalue weighted by Gasteiger charge is 2.29. The zero-order valence-electron chi connectivity index (χ0n) is 16.3. The van der Waals surface area contributed by atoms with Crippen LogP contribution in [0.25, 0.3) is 0 Å². The number of aliphatic imine (C=N–C) groups is 1. The molecule has 2 N–H and O–H groups in total. The summed E-state index contributed by atoms with van der Waals surface area (Å²) in [6.07, 6.45) is 7.38. The normalized spacial score (nSPS) is 22.9. The SMILES string of the molecule is CCNC(=NCC1(C)CCCC1)NC1CCc2nnc(C(C)C)n2C1. The first-order chi connectivity index (χ1) is 12.0. The van der Waals surface area contributed by atoms with E-state index in [4.69, 9.17) is 4.99 Å². The Kier molecular flexibility index (Phi) is 5.64. The zero-order chi connectivity index (χ0) is 17.9. The Morgan fingerprint density at radius 3 is 2.76 bits per heavy atom. The van der Waals surface area contributed by atoms with Crippen molar-refractivity contribution in [3.63, 3.8) is 0 Å². The molecule has 0 bridgehead atoms. The molecule has 0 aromatic carbocycles. The van der Waals surface area contributed by atoms with Crippen LogP contribution < -0.4 is 10.6 Å². The lowest BCUT2D eigenvalue weighted by Crippen LogP contribution is -2.47. The van der Waals surface area contributed by atoms with Gasteiger partial charge in [-0.05, 0) is 31.6 Å². The van der Waals surface area contributed by atoms with Crippen molar-refractivity contribution >= 4 is 5.96 Å². The van der Waals surface area contributed by atoms with E-state index >= 15 is 0 Å². The summed E-state index contributed by atoms with van der Waals surface area (Å²) in [5, 5.41) is 15.8. The molecule has 0 spiro atoms. The third kappa shape index (κ3) is 4.33. The van der Waals surface area contributed by atoms with Gasteiger partial charge in [0.25, 0.3) is 0 Å². The van der Waals surface area contributed by atoms with Gasteiger partial charge in [-0.15, -0.1) is 10.2 Å². The number of guanidine groups is 1. The number of hydrogen-bond acceptors (Lipinski definition) is 3. The molecule has 1 aliphatic heterocycles. The highest BCUT2D eigenvalue weighted by Crippen LogP contribution is 2.37. The van der Waals surface area contributed by atoms with Crippen molar-refractivity contribution in [1.29, 1.82) is 0 Å². The third-order valence-corrected chi connectivity index (χ3v) is 5.61. The van der Waals surface area contributed by atoms with Crippen LogP contribution in [-0.2, 0) is 13.0 Å². The van der Waals surface area contributed by atoms with Crippen molar-refractivity contribution in [1.82, 2.24) is 25.4 Å². The fourth-order valence-corrected chi connectivity index (χ4v) is 4.06. The van der Waals surface area contributed by atoms with E-state index in [1.165, 1.54) is 25.7 Å². The average Bonchev–Trinajstić information content (AvgIpc) is 3.19. The molecule has 1 aromatic heterocycles. The van der Waals surface area contributed by atoms with Crippen LogP contribution >= 0.6 is 0 Å². The van der Waals surface area contributed by atoms with E-state index in [1.54, 1.807) is 0 Å². The summed E-state index contributed by atoms with van der Waals surface area (Å²) in [5.41, 5.74) is 0.390. The molecule has 0 amide bonds. The van der Waals surface area contributed by atoms with Crippen molar-refractivity contribution in [2.45, 2.75) is 84.7 Å². The molecular weight excluding hydrogens is 312 g/mol. The first-order valence-electron chi connectivity index (χ1n) is 9.97. The molecule has 6 nitrogen and oxygen atoms in total. The molecule has 1 atom stereocenters. The lowest BCUT2D eigenvalue weighted by molar-refractivity contribution is 0.349. The number of nitrogens with one attached hydrogen (secondary N) is 2. The van der Waals surface area contributed by atoms with Gasteiger partial charge in [-0.1, -0.05) is 33.6 Å². The summed E-state index contributed by atoms with van der Waals surface area (Å²) in [5.74, 6) is 3.59. The zero-order valence-corrected chi connectivity index (χ0v) is 16.3. The molecule has 1 aliphatic carbocycles. The van der Waals surface area contributed by atoms with Gasteiger partial charge in [0.05, 0.1) is 0 Å². The number of fused-ring (bicyclic) bond motifs is 1. The van der Waals surface area contributed by atoms with Gasteiger partial charge in [0, 0.05) is 38.0 Å². The number of nitrogens with zero attached hydrogens (tertiary/aromatic N) is 4. The van der Waals surface area contributed by atoms with Crippen molar-refractivity contribution in [2.24, 2.45) is 10.4 Å². The van der Waals surface area contributed by atoms with Gasteiger partial charge < -0.3 is 15.2 Å². The Hall–Kier alpha value is -1.59. The highest BCUT2D eigenvalue weighted by molar-refractivity contribution is 5.80. The lowest BCUT2D eigenvalue weighted by atomic mass is 9.89. The maximum Gasteiger partial charge on any atom is 0.191 e. The molecule has 0 saturated heterocycles. The maximum absolute atomic E-state index is 4.92. The molecular formula is C19H34N6. The minimum Gasteiger partial charge on any atom is -0.357 e. The van der Waals surface area contributed by atoms with Crippen molar-refractivity contribution < 1.29 is 0 Å². The number of aromatic nitrogens is 3. The second-order valence-corrected chi connectivity index (χ2v) is 8.33. The van der Waals surface area contributed by atoms with Crippen molar-refractivity contribution in [3.8, 4) is 0 Å². The molecule has 1 unspecified atom stereocenters. The smallest absolute Gasteiger partial charge is 0.191 e. The molecule has 25 heavy (non-hydrogen) atoms. The van der Waals surface area contributed by atoms with Gasteiger partial charge in [0.2, 0.25) is 0 Å². The summed E-state index contributed by atoms with van der Waals surface area (Å²) < 4.78 is 2.30. The largest absolute Gasteiger partial charge is 0.357 e. The fraction of sp³-hybridized carbons (Fsp3) is 0.842. The van der Waals surface area contributed by atoms with Crippen LogP contribution in [0.2, 0.25) is 0 Å². The predicted octanol–water partition coefficient (Wildman–Crippen LogP) is 2.85. The molecule has 1 fully saturated rings. The van der Waals surface area contributed by atoms with Crippen LogP contribution in [0.3, 0.4) is 0 Å². The van der Waals surface area contributed by atoms with Gasteiger partial charge in [-0.25, -0.2) is 0 Å². The monoisotopic (exact) mass is 346 g/mol. The average molecular weight is 347 g/mol.